The first-order chi connectivity index (χ1) is 14.3. The monoisotopic (exact) mass is 385 g/mol. The summed E-state index contributed by atoms with van der Waals surface area (Å²) in [6, 6.07) is 23.2. The third-order valence-corrected chi connectivity index (χ3v) is 5.84. The molecule has 1 heterocycles. The van der Waals surface area contributed by atoms with Crippen molar-refractivity contribution in [3.05, 3.63) is 108 Å². The standard InChI is InChI=1S/C26H27NO2/c28-25(27-17-8-7-9-21-16-18-29-20-21)15-14-24-19-26(24,22-10-3-1-4-11-22)23-12-5-2-6-13-23/h1-6,10-16,18,20,24H,7-9,17,19H2,(H,27,28)/b15-14+/t24-/m1/s1. The molecule has 3 nitrogen and oxygen atoms in total. The largest absolute Gasteiger partial charge is 0.472 e. The van der Waals surface area contributed by atoms with Crippen LogP contribution in [0.1, 0.15) is 36.0 Å². The molecular formula is C26H27NO2. The first-order valence-electron chi connectivity index (χ1n) is 10.4. The molecule has 0 radical (unpaired) electrons. The van der Waals surface area contributed by atoms with E-state index in [2.05, 4.69) is 72.1 Å². The predicted molar refractivity (Wildman–Crippen MR) is 116 cm³/mol. The lowest BCUT2D eigenvalue weighted by molar-refractivity contribution is -0.116. The number of carbonyl (C=O) groups excluding carboxylic acids is 1. The fourth-order valence-corrected chi connectivity index (χ4v) is 4.18. The molecule has 1 atom stereocenters. The summed E-state index contributed by atoms with van der Waals surface area (Å²) in [5.74, 6) is 0.342. The van der Waals surface area contributed by atoms with E-state index in [1.54, 1.807) is 18.6 Å². The SMILES string of the molecule is O=C(/C=C/[C@@H]1CC1(c1ccccc1)c1ccccc1)NCCCCc1ccoc1. The summed E-state index contributed by atoms with van der Waals surface area (Å²) >= 11 is 0. The first-order valence-corrected chi connectivity index (χ1v) is 10.4. The third-order valence-electron chi connectivity index (χ3n) is 5.84. The van der Waals surface area contributed by atoms with Crippen LogP contribution in [0.25, 0.3) is 0 Å². The van der Waals surface area contributed by atoms with Crippen molar-refractivity contribution in [1.29, 1.82) is 0 Å². The number of unbranched alkanes of at least 4 members (excludes halogenated alkanes) is 1. The summed E-state index contributed by atoms with van der Waals surface area (Å²) in [7, 11) is 0. The maximum absolute atomic E-state index is 12.2. The Morgan fingerprint density at radius 1 is 1.00 bits per heavy atom. The Balaban J connectivity index is 1.31. The van der Waals surface area contributed by atoms with E-state index in [1.165, 1.54) is 16.7 Å². The summed E-state index contributed by atoms with van der Waals surface area (Å²) in [6.45, 7) is 0.703. The summed E-state index contributed by atoms with van der Waals surface area (Å²) in [5, 5.41) is 3.00. The van der Waals surface area contributed by atoms with Gasteiger partial charge in [0.15, 0.2) is 0 Å². The van der Waals surface area contributed by atoms with Gasteiger partial charge < -0.3 is 9.73 Å². The van der Waals surface area contributed by atoms with E-state index in [4.69, 9.17) is 4.42 Å². The minimum Gasteiger partial charge on any atom is -0.472 e. The van der Waals surface area contributed by atoms with Crippen LogP contribution in [0.5, 0.6) is 0 Å². The van der Waals surface area contributed by atoms with E-state index in [0.717, 1.165) is 25.7 Å². The first kappa shape index (κ1) is 19.3. The second-order valence-electron chi connectivity index (χ2n) is 7.75. The highest BCUT2D eigenvalue weighted by Crippen LogP contribution is 2.59. The number of hydrogen-bond donors (Lipinski definition) is 1. The summed E-state index contributed by atoms with van der Waals surface area (Å²) < 4.78 is 5.07. The zero-order valence-electron chi connectivity index (χ0n) is 16.6. The number of aryl methyl sites for hydroxylation is 1. The fraction of sp³-hybridized carbons (Fsp3) is 0.269. The molecule has 2 aromatic carbocycles. The van der Waals surface area contributed by atoms with Gasteiger partial charge in [0, 0.05) is 12.0 Å². The van der Waals surface area contributed by atoms with Crippen molar-refractivity contribution in [3.63, 3.8) is 0 Å². The third kappa shape index (κ3) is 4.51. The number of nitrogens with one attached hydrogen (secondary N) is 1. The Morgan fingerprint density at radius 2 is 1.69 bits per heavy atom. The lowest BCUT2D eigenvalue weighted by Crippen LogP contribution is -2.22. The van der Waals surface area contributed by atoms with Crippen molar-refractivity contribution in [2.75, 3.05) is 6.54 Å². The number of amides is 1. The smallest absolute Gasteiger partial charge is 0.243 e. The van der Waals surface area contributed by atoms with Gasteiger partial charge in [-0.25, -0.2) is 0 Å². The van der Waals surface area contributed by atoms with Crippen LogP contribution in [0.15, 0.2) is 95.8 Å². The average Bonchev–Trinajstić information content (AvgIpc) is 3.28. The molecule has 0 aliphatic heterocycles. The predicted octanol–water partition coefficient (Wildman–Crippen LogP) is 5.28. The number of carbonyl (C=O) groups is 1. The van der Waals surface area contributed by atoms with Crippen molar-refractivity contribution < 1.29 is 9.21 Å². The zero-order chi connectivity index (χ0) is 19.9. The molecule has 29 heavy (non-hydrogen) atoms. The second kappa shape index (κ2) is 8.95. The fourth-order valence-electron chi connectivity index (χ4n) is 4.18. The maximum atomic E-state index is 12.2. The Labute approximate surface area is 172 Å². The molecular weight excluding hydrogens is 358 g/mol. The average molecular weight is 386 g/mol. The van der Waals surface area contributed by atoms with Crippen molar-refractivity contribution >= 4 is 5.91 Å². The molecule has 1 fully saturated rings. The molecule has 148 valence electrons. The van der Waals surface area contributed by atoms with E-state index in [9.17, 15) is 4.79 Å². The molecule has 4 rings (SSSR count). The van der Waals surface area contributed by atoms with Crippen molar-refractivity contribution in [2.24, 2.45) is 5.92 Å². The van der Waals surface area contributed by atoms with Gasteiger partial charge in [-0.15, -0.1) is 0 Å². The van der Waals surface area contributed by atoms with Crippen LogP contribution < -0.4 is 5.32 Å². The molecule has 1 aliphatic rings. The van der Waals surface area contributed by atoms with Crippen LogP contribution >= 0.6 is 0 Å². The molecule has 0 saturated heterocycles. The van der Waals surface area contributed by atoms with Gasteiger partial charge in [-0.1, -0.05) is 66.7 Å². The lowest BCUT2D eigenvalue weighted by Gasteiger charge is -2.18. The molecule has 1 N–H and O–H groups in total. The maximum Gasteiger partial charge on any atom is 0.243 e. The number of benzene rings is 2. The molecule has 1 saturated carbocycles. The normalized spacial score (nSPS) is 17.3. The Bertz CT molecular complexity index is 890. The Morgan fingerprint density at radius 3 is 2.31 bits per heavy atom. The highest BCUT2D eigenvalue weighted by atomic mass is 16.3. The van der Waals surface area contributed by atoms with Gasteiger partial charge in [-0.3, -0.25) is 4.79 Å². The van der Waals surface area contributed by atoms with Gasteiger partial charge in [0.25, 0.3) is 0 Å². The van der Waals surface area contributed by atoms with E-state index in [1.807, 2.05) is 6.07 Å². The Kier molecular flexibility index (Phi) is 5.95. The summed E-state index contributed by atoms with van der Waals surface area (Å²) in [4.78, 5) is 12.2. The molecule has 1 amide bonds. The van der Waals surface area contributed by atoms with Gasteiger partial charge in [-0.2, -0.15) is 0 Å². The van der Waals surface area contributed by atoms with Crippen LogP contribution in [0.2, 0.25) is 0 Å². The molecule has 1 aliphatic carbocycles. The van der Waals surface area contributed by atoms with E-state index < -0.39 is 0 Å². The van der Waals surface area contributed by atoms with Gasteiger partial charge in [0.1, 0.15) is 0 Å². The van der Waals surface area contributed by atoms with Crippen molar-refractivity contribution in [2.45, 2.75) is 31.1 Å². The van der Waals surface area contributed by atoms with Gasteiger partial charge in [-0.05, 0) is 60.4 Å². The van der Waals surface area contributed by atoms with Gasteiger partial charge >= 0.3 is 0 Å². The van der Waals surface area contributed by atoms with Crippen molar-refractivity contribution in [1.82, 2.24) is 5.32 Å². The van der Waals surface area contributed by atoms with Crippen LogP contribution in [0.3, 0.4) is 0 Å². The Hall–Kier alpha value is -3.07. The topological polar surface area (TPSA) is 42.2 Å². The highest BCUT2D eigenvalue weighted by Gasteiger charge is 2.54. The van der Waals surface area contributed by atoms with Crippen LogP contribution in [0.4, 0.5) is 0 Å². The zero-order valence-corrected chi connectivity index (χ0v) is 16.6. The number of furan rings is 1. The quantitative estimate of drug-likeness (QED) is 0.402. The molecule has 0 unspecified atom stereocenters. The molecule has 3 heteroatoms. The molecule has 1 aromatic heterocycles. The van der Waals surface area contributed by atoms with Gasteiger partial charge in [0.05, 0.1) is 12.5 Å². The second-order valence-corrected chi connectivity index (χ2v) is 7.75. The van der Waals surface area contributed by atoms with Crippen molar-refractivity contribution in [3.8, 4) is 0 Å². The van der Waals surface area contributed by atoms with Crippen LogP contribution in [0, 0.1) is 5.92 Å². The molecule has 3 aromatic rings. The number of hydrogen-bond acceptors (Lipinski definition) is 2. The van der Waals surface area contributed by atoms with Gasteiger partial charge in [0.2, 0.25) is 5.91 Å². The minimum atomic E-state index is -0.0100. The number of allylic oxidation sites excluding steroid dienone is 1. The van der Waals surface area contributed by atoms with Crippen LogP contribution in [-0.2, 0) is 16.6 Å². The summed E-state index contributed by atoms with van der Waals surface area (Å²) in [6.07, 6.45) is 11.3. The van der Waals surface area contributed by atoms with E-state index in [0.29, 0.717) is 12.5 Å². The molecule has 0 bridgehead atoms. The minimum absolute atomic E-state index is 0.00441. The van der Waals surface area contributed by atoms with Crippen LogP contribution in [-0.4, -0.2) is 12.5 Å². The van der Waals surface area contributed by atoms with E-state index in [-0.39, 0.29) is 11.3 Å². The van der Waals surface area contributed by atoms with E-state index >= 15 is 0 Å². The lowest BCUT2D eigenvalue weighted by atomic mass is 9.85. The number of rotatable bonds is 9. The summed E-state index contributed by atoms with van der Waals surface area (Å²) in [5.41, 5.74) is 3.84. The molecule has 0 spiro atoms. The highest BCUT2D eigenvalue weighted by molar-refractivity contribution is 5.87.